The average molecular weight is 323 g/mol. The summed E-state index contributed by atoms with van der Waals surface area (Å²) in [6, 6.07) is 9.79. The molecule has 0 saturated carbocycles. The Morgan fingerprint density at radius 3 is 2.79 bits per heavy atom. The molecule has 122 valence electrons. The van der Waals surface area contributed by atoms with Crippen LogP contribution < -0.4 is 14.8 Å². The van der Waals surface area contributed by atoms with Crippen LogP contribution in [0.5, 0.6) is 11.5 Å². The van der Waals surface area contributed by atoms with Crippen LogP contribution in [0.3, 0.4) is 0 Å². The minimum atomic E-state index is 0.282. The van der Waals surface area contributed by atoms with Crippen molar-refractivity contribution in [2.75, 3.05) is 12.1 Å². The van der Waals surface area contributed by atoms with Crippen molar-refractivity contribution < 1.29 is 9.47 Å². The number of ether oxygens (including phenoxy) is 2. The van der Waals surface area contributed by atoms with Gasteiger partial charge in [0.05, 0.1) is 5.69 Å². The van der Waals surface area contributed by atoms with Gasteiger partial charge < -0.3 is 14.8 Å². The number of hydrogen-bond donors (Lipinski definition) is 1. The molecule has 1 N–H and O–H groups in total. The van der Waals surface area contributed by atoms with Gasteiger partial charge in [0.1, 0.15) is 12.1 Å². The summed E-state index contributed by atoms with van der Waals surface area (Å²) < 4.78 is 12.5. The van der Waals surface area contributed by atoms with E-state index in [9.17, 15) is 0 Å². The number of nitrogens with one attached hydrogen (secondary N) is 1. The molecule has 1 aromatic carbocycles. The van der Waals surface area contributed by atoms with Gasteiger partial charge in [-0.05, 0) is 37.6 Å². The highest BCUT2D eigenvalue weighted by atomic mass is 16.7. The van der Waals surface area contributed by atoms with E-state index in [1.165, 1.54) is 6.33 Å². The number of rotatable bonds is 4. The Morgan fingerprint density at radius 1 is 1.08 bits per heavy atom. The number of aromatic nitrogens is 4. The first-order valence-corrected chi connectivity index (χ1v) is 7.67. The van der Waals surface area contributed by atoms with Crippen LogP contribution in [0, 0.1) is 13.8 Å². The molecule has 1 aliphatic rings. The molecule has 0 atom stereocenters. The zero-order valence-electron chi connectivity index (χ0n) is 13.5. The van der Waals surface area contributed by atoms with E-state index < -0.39 is 0 Å². The van der Waals surface area contributed by atoms with Crippen LogP contribution >= 0.6 is 0 Å². The van der Waals surface area contributed by atoms with Crippen molar-refractivity contribution in [3.63, 3.8) is 0 Å². The molecule has 0 unspecified atom stereocenters. The van der Waals surface area contributed by atoms with Crippen LogP contribution in [0.2, 0.25) is 0 Å². The molecule has 0 spiro atoms. The number of anilines is 1. The van der Waals surface area contributed by atoms with Crippen molar-refractivity contribution in [2.45, 2.75) is 20.4 Å². The van der Waals surface area contributed by atoms with Crippen LogP contribution in [-0.4, -0.2) is 26.5 Å². The van der Waals surface area contributed by atoms with Gasteiger partial charge in [-0.25, -0.2) is 14.6 Å². The Bertz CT molecular complexity index is 890. The quantitative estimate of drug-likeness (QED) is 0.795. The molecule has 4 rings (SSSR count). The van der Waals surface area contributed by atoms with E-state index >= 15 is 0 Å². The standard InChI is InChI=1S/C17H17N5O2/c1-11-5-12(2)22(21-11)17-7-16(19-9-20-17)18-8-13-3-4-14-15(6-13)24-10-23-14/h3-7,9H,8,10H2,1-2H3,(H,18,19,20). The summed E-state index contributed by atoms with van der Waals surface area (Å²) in [6.45, 7) is 4.87. The Hall–Kier alpha value is -3.09. The lowest BCUT2D eigenvalue weighted by molar-refractivity contribution is 0.174. The van der Waals surface area contributed by atoms with Gasteiger partial charge in [-0.15, -0.1) is 0 Å². The molecule has 3 aromatic rings. The summed E-state index contributed by atoms with van der Waals surface area (Å²) in [5, 5.41) is 7.75. The maximum absolute atomic E-state index is 5.40. The number of aryl methyl sites for hydroxylation is 2. The van der Waals surface area contributed by atoms with Crippen molar-refractivity contribution in [1.29, 1.82) is 0 Å². The predicted octanol–water partition coefficient (Wildman–Crippen LogP) is 2.62. The van der Waals surface area contributed by atoms with Crippen LogP contribution in [0.25, 0.3) is 5.82 Å². The molecule has 7 heteroatoms. The lowest BCUT2D eigenvalue weighted by Gasteiger charge is -2.08. The van der Waals surface area contributed by atoms with Gasteiger partial charge in [-0.2, -0.15) is 5.10 Å². The number of fused-ring (bicyclic) bond motifs is 1. The molecule has 24 heavy (non-hydrogen) atoms. The molecule has 0 radical (unpaired) electrons. The molecule has 0 bridgehead atoms. The first kappa shape index (κ1) is 14.5. The third-order valence-electron chi connectivity index (χ3n) is 3.79. The Morgan fingerprint density at radius 2 is 1.96 bits per heavy atom. The SMILES string of the molecule is Cc1cc(C)n(-c2cc(NCc3ccc4c(c3)OCO4)ncn2)n1. The highest BCUT2D eigenvalue weighted by Gasteiger charge is 2.13. The van der Waals surface area contributed by atoms with Crippen LogP contribution in [0.1, 0.15) is 17.0 Å². The summed E-state index contributed by atoms with van der Waals surface area (Å²) in [6.07, 6.45) is 1.54. The summed E-state index contributed by atoms with van der Waals surface area (Å²) in [4.78, 5) is 8.57. The number of nitrogens with zero attached hydrogens (tertiary/aromatic N) is 4. The number of hydrogen-bond acceptors (Lipinski definition) is 6. The monoisotopic (exact) mass is 323 g/mol. The molecule has 3 heterocycles. The van der Waals surface area contributed by atoms with Crippen molar-refractivity contribution in [3.05, 3.63) is 53.6 Å². The lowest BCUT2D eigenvalue weighted by atomic mass is 10.2. The minimum absolute atomic E-state index is 0.282. The first-order valence-electron chi connectivity index (χ1n) is 7.67. The second-order valence-corrected chi connectivity index (χ2v) is 5.64. The van der Waals surface area contributed by atoms with E-state index in [0.29, 0.717) is 6.54 Å². The summed E-state index contributed by atoms with van der Waals surface area (Å²) in [5.41, 5.74) is 3.08. The Kier molecular flexibility index (Phi) is 3.53. The van der Waals surface area contributed by atoms with Gasteiger partial charge in [0.2, 0.25) is 6.79 Å². The lowest BCUT2D eigenvalue weighted by Crippen LogP contribution is -2.06. The second-order valence-electron chi connectivity index (χ2n) is 5.64. The van der Waals surface area contributed by atoms with Crippen molar-refractivity contribution in [2.24, 2.45) is 0 Å². The summed E-state index contributed by atoms with van der Waals surface area (Å²) in [7, 11) is 0. The van der Waals surface area contributed by atoms with Crippen molar-refractivity contribution >= 4 is 5.82 Å². The fraction of sp³-hybridized carbons (Fsp3) is 0.235. The second kappa shape index (κ2) is 5.84. The predicted molar refractivity (Wildman–Crippen MR) is 88.5 cm³/mol. The summed E-state index contributed by atoms with van der Waals surface area (Å²) in [5.74, 6) is 3.04. The molecule has 2 aromatic heterocycles. The molecule has 0 saturated heterocycles. The molecule has 0 aliphatic carbocycles. The van der Waals surface area contributed by atoms with E-state index in [1.807, 2.05) is 48.9 Å². The fourth-order valence-electron chi connectivity index (χ4n) is 2.66. The van der Waals surface area contributed by atoms with Crippen molar-refractivity contribution in [3.8, 4) is 17.3 Å². The summed E-state index contributed by atoms with van der Waals surface area (Å²) >= 11 is 0. The van der Waals surface area contributed by atoms with Gasteiger partial charge in [0.25, 0.3) is 0 Å². The van der Waals surface area contributed by atoms with Crippen LogP contribution in [0.15, 0.2) is 36.7 Å². The smallest absolute Gasteiger partial charge is 0.231 e. The molecular weight excluding hydrogens is 306 g/mol. The van der Waals surface area contributed by atoms with Gasteiger partial charge in [-0.3, -0.25) is 0 Å². The zero-order chi connectivity index (χ0) is 16.5. The minimum Gasteiger partial charge on any atom is -0.454 e. The van der Waals surface area contributed by atoms with E-state index in [4.69, 9.17) is 9.47 Å². The Balaban J connectivity index is 1.51. The van der Waals surface area contributed by atoms with Crippen molar-refractivity contribution in [1.82, 2.24) is 19.7 Å². The highest BCUT2D eigenvalue weighted by molar-refractivity contribution is 5.46. The van der Waals surface area contributed by atoms with Gasteiger partial charge in [0, 0.05) is 18.3 Å². The molecular formula is C17H17N5O2. The van der Waals surface area contributed by atoms with Crippen LogP contribution in [0.4, 0.5) is 5.82 Å². The molecule has 1 aliphatic heterocycles. The maximum Gasteiger partial charge on any atom is 0.231 e. The first-order chi connectivity index (χ1) is 11.7. The van der Waals surface area contributed by atoms with Gasteiger partial charge in [-0.1, -0.05) is 6.07 Å². The van der Waals surface area contributed by atoms with Gasteiger partial charge >= 0.3 is 0 Å². The zero-order valence-corrected chi connectivity index (χ0v) is 13.5. The fourth-order valence-corrected chi connectivity index (χ4v) is 2.66. The third kappa shape index (κ3) is 2.76. The highest BCUT2D eigenvalue weighted by Crippen LogP contribution is 2.32. The third-order valence-corrected chi connectivity index (χ3v) is 3.79. The molecule has 0 fully saturated rings. The average Bonchev–Trinajstić information content (AvgIpc) is 3.18. The maximum atomic E-state index is 5.40. The van der Waals surface area contributed by atoms with E-state index in [-0.39, 0.29) is 6.79 Å². The van der Waals surface area contributed by atoms with Crippen LogP contribution in [-0.2, 0) is 6.54 Å². The molecule has 7 nitrogen and oxygen atoms in total. The van der Waals surface area contributed by atoms with E-state index in [0.717, 1.165) is 40.1 Å². The van der Waals surface area contributed by atoms with E-state index in [2.05, 4.69) is 20.4 Å². The largest absolute Gasteiger partial charge is 0.454 e. The molecule has 0 amide bonds. The van der Waals surface area contributed by atoms with E-state index in [1.54, 1.807) is 0 Å². The normalized spacial score (nSPS) is 12.4. The van der Waals surface area contributed by atoms with Gasteiger partial charge in [0.15, 0.2) is 17.3 Å². The Labute approximate surface area is 139 Å². The number of benzene rings is 1. The topological polar surface area (TPSA) is 74.1 Å².